The molecule has 1 unspecified atom stereocenters. The smallest absolute Gasteiger partial charge is 0.341 e. The molecule has 27 heavy (non-hydrogen) atoms. The summed E-state index contributed by atoms with van der Waals surface area (Å²) in [5, 5.41) is 11.3. The Kier molecular flexibility index (Phi) is 6.59. The lowest BCUT2D eigenvalue weighted by atomic mass is 10.0. The van der Waals surface area contributed by atoms with E-state index >= 15 is 0 Å². The number of benzene rings is 1. The summed E-state index contributed by atoms with van der Waals surface area (Å²) in [6.07, 6.45) is 1.39. The highest BCUT2D eigenvalue weighted by molar-refractivity contribution is 6.01. The van der Waals surface area contributed by atoms with Crippen LogP contribution in [0.3, 0.4) is 0 Å². The van der Waals surface area contributed by atoms with Crippen LogP contribution in [0.4, 0.5) is 5.69 Å². The molecule has 0 saturated heterocycles. The number of furan rings is 1. The molecule has 2 amide bonds. The number of ether oxygens (including phenoxy) is 1. The number of amides is 2. The summed E-state index contributed by atoms with van der Waals surface area (Å²) in [4.78, 5) is 37.0. The Bertz CT molecular complexity index is 783. The molecular weight excluding hydrogens is 352 g/mol. The molecule has 1 heterocycles. The first-order valence-corrected chi connectivity index (χ1v) is 8.36. The van der Waals surface area contributed by atoms with E-state index in [1.807, 2.05) is 13.8 Å². The molecule has 1 aromatic heterocycles. The summed E-state index contributed by atoms with van der Waals surface area (Å²) >= 11 is 0. The molecule has 2 aromatic rings. The first-order chi connectivity index (χ1) is 12.8. The number of rotatable bonds is 8. The second kappa shape index (κ2) is 8.88. The Morgan fingerprint density at radius 2 is 1.85 bits per heavy atom. The van der Waals surface area contributed by atoms with E-state index in [0.29, 0.717) is 11.4 Å². The Labute approximate surface area is 156 Å². The van der Waals surface area contributed by atoms with Crippen LogP contribution in [0.2, 0.25) is 0 Å². The number of hydrogen-bond acceptors (Lipinski definition) is 5. The molecular formula is C19H22N2O6. The molecule has 8 heteroatoms. The van der Waals surface area contributed by atoms with Gasteiger partial charge in [0.1, 0.15) is 11.8 Å². The van der Waals surface area contributed by atoms with Crippen LogP contribution in [0, 0.1) is 5.92 Å². The third kappa shape index (κ3) is 5.34. The number of carboxylic acids is 1. The average Bonchev–Trinajstić information content (AvgIpc) is 3.18. The number of carbonyl (C=O) groups excluding carboxylic acids is 2. The Morgan fingerprint density at radius 3 is 2.37 bits per heavy atom. The maximum Gasteiger partial charge on any atom is 0.341 e. The number of aliphatic carboxylic acids is 1. The number of nitrogens with one attached hydrogen (secondary N) is 1. The lowest BCUT2D eigenvalue weighted by molar-refractivity contribution is -0.139. The fourth-order valence-electron chi connectivity index (χ4n) is 2.38. The molecule has 0 aliphatic heterocycles. The summed E-state index contributed by atoms with van der Waals surface area (Å²) in [6, 6.07) is 8.82. The summed E-state index contributed by atoms with van der Waals surface area (Å²) < 4.78 is 10.1. The molecule has 0 aliphatic carbocycles. The van der Waals surface area contributed by atoms with Crippen molar-refractivity contribution >= 4 is 23.5 Å². The monoisotopic (exact) mass is 374 g/mol. The standard InChI is InChI=1S/C19H22N2O6/c1-12(2)17(20-18(24)15-5-4-10-26-15)19(25)21(3)13-6-8-14(9-7-13)27-11-16(22)23/h4-10,12,17H,11H2,1-3H3,(H,20,24)(H,22,23). The molecule has 2 N–H and O–H groups in total. The maximum absolute atomic E-state index is 12.9. The van der Waals surface area contributed by atoms with Crippen molar-refractivity contribution in [3.8, 4) is 5.75 Å². The van der Waals surface area contributed by atoms with Gasteiger partial charge >= 0.3 is 5.97 Å². The molecule has 0 radical (unpaired) electrons. The van der Waals surface area contributed by atoms with Gasteiger partial charge in [-0.25, -0.2) is 4.79 Å². The minimum absolute atomic E-state index is 0.135. The fraction of sp³-hybridized carbons (Fsp3) is 0.316. The maximum atomic E-state index is 12.9. The predicted molar refractivity (Wildman–Crippen MR) is 97.8 cm³/mol. The van der Waals surface area contributed by atoms with Crippen molar-refractivity contribution in [2.45, 2.75) is 19.9 Å². The zero-order chi connectivity index (χ0) is 20.0. The topological polar surface area (TPSA) is 109 Å². The van der Waals surface area contributed by atoms with Crippen LogP contribution in [0.1, 0.15) is 24.4 Å². The molecule has 1 aromatic carbocycles. The highest BCUT2D eigenvalue weighted by atomic mass is 16.5. The molecule has 0 saturated carbocycles. The van der Waals surface area contributed by atoms with Gasteiger partial charge in [-0.3, -0.25) is 9.59 Å². The van der Waals surface area contributed by atoms with E-state index in [1.165, 1.54) is 17.2 Å². The van der Waals surface area contributed by atoms with Gasteiger partial charge in [0.25, 0.3) is 5.91 Å². The van der Waals surface area contributed by atoms with Crippen molar-refractivity contribution in [1.29, 1.82) is 0 Å². The number of hydrogen-bond donors (Lipinski definition) is 2. The largest absolute Gasteiger partial charge is 0.482 e. The fourth-order valence-corrected chi connectivity index (χ4v) is 2.38. The van der Waals surface area contributed by atoms with E-state index in [2.05, 4.69) is 5.32 Å². The van der Waals surface area contributed by atoms with Crippen molar-refractivity contribution in [3.05, 3.63) is 48.4 Å². The molecule has 2 rings (SSSR count). The van der Waals surface area contributed by atoms with Crippen molar-refractivity contribution in [2.75, 3.05) is 18.6 Å². The lowest BCUT2D eigenvalue weighted by Crippen LogP contribution is -2.50. The first kappa shape index (κ1) is 20.0. The van der Waals surface area contributed by atoms with E-state index in [9.17, 15) is 14.4 Å². The average molecular weight is 374 g/mol. The van der Waals surface area contributed by atoms with Crippen LogP contribution >= 0.6 is 0 Å². The van der Waals surface area contributed by atoms with Gasteiger partial charge in [-0.1, -0.05) is 13.8 Å². The molecule has 0 fully saturated rings. The van der Waals surface area contributed by atoms with Gasteiger partial charge in [-0.2, -0.15) is 0 Å². The highest BCUT2D eigenvalue weighted by Crippen LogP contribution is 2.20. The minimum Gasteiger partial charge on any atom is -0.482 e. The number of likely N-dealkylation sites (N-methyl/N-ethyl adjacent to an activating group) is 1. The summed E-state index contributed by atoms with van der Waals surface area (Å²) in [6.45, 7) is 3.23. The van der Waals surface area contributed by atoms with E-state index in [-0.39, 0.29) is 17.6 Å². The summed E-state index contributed by atoms with van der Waals surface area (Å²) in [5.41, 5.74) is 0.584. The normalized spacial score (nSPS) is 11.7. The lowest BCUT2D eigenvalue weighted by Gasteiger charge is -2.27. The van der Waals surface area contributed by atoms with Crippen molar-refractivity contribution in [1.82, 2.24) is 5.32 Å². The molecule has 1 atom stereocenters. The van der Waals surface area contributed by atoms with Gasteiger partial charge in [0.15, 0.2) is 12.4 Å². The van der Waals surface area contributed by atoms with Gasteiger partial charge in [0.05, 0.1) is 6.26 Å². The van der Waals surface area contributed by atoms with E-state index in [1.54, 1.807) is 37.4 Å². The third-order valence-electron chi connectivity index (χ3n) is 3.88. The van der Waals surface area contributed by atoms with Gasteiger partial charge in [0.2, 0.25) is 5.91 Å². The van der Waals surface area contributed by atoms with Crippen LogP contribution in [0.5, 0.6) is 5.75 Å². The molecule has 144 valence electrons. The van der Waals surface area contributed by atoms with Gasteiger partial charge < -0.3 is 24.5 Å². The quantitative estimate of drug-likeness (QED) is 0.733. The number of carbonyl (C=O) groups is 3. The Hall–Kier alpha value is -3.29. The molecule has 0 aliphatic rings. The summed E-state index contributed by atoms with van der Waals surface area (Å²) in [7, 11) is 1.60. The van der Waals surface area contributed by atoms with E-state index < -0.39 is 24.5 Å². The van der Waals surface area contributed by atoms with Gasteiger partial charge in [0, 0.05) is 12.7 Å². The van der Waals surface area contributed by atoms with Crippen molar-refractivity contribution in [3.63, 3.8) is 0 Å². The SMILES string of the molecule is CC(C)C(NC(=O)c1ccco1)C(=O)N(C)c1ccc(OCC(=O)O)cc1. The van der Waals surface area contributed by atoms with Crippen LogP contribution in [-0.4, -0.2) is 42.6 Å². The summed E-state index contributed by atoms with van der Waals surface area (Å²) in [5.74, 6) is -1.44. The van der Waals surface area contributed by atoms with Crippen LogP contribution < -0.4 is 15.0 Å². The Morgan fingerprint density at radius 1 is 1.19 bits per heavy atom. The first-order valence-electron chi connectivity index (χ1n) is 8.36. The van der Waals surface area contributed by atoms with Gasteiger partial charge in [-0.05, 0) is 42.3 Å². The predicted octanol–water partition coefficient (Wildman–Crippen LogP) is 2.16. The zero-order valence-electron chi connectivity index (χ0n) is 15.3. The number of anilines is 1. The molecule has 0 spiro atoms. The van der Waals surface area contributed by atoms with Gasteiger partial charge in [-0.15, -0.1) is 0 Å². The number of carboxylic acid groups (broad SMARTS) is 1. The van der Waals surface area contributed by atoms with Crippen LogP contribution in [0.25, 0.3) is 0 Å². The van der Waals surface area contributed by atoms with Crippen LogP contribution in [0.15, 0.2) is 47.1 Å². The number of nitrogens with zero attached hydrogens (tertiary/aromatic N) is 1. The minimum atomic E-state index is -1.07. The van der Waals surface area contributed by atoms with E-state index in [4.69, 9.17) is 14.3 Å². The van der Waals surface area contributed by atoms with Crippen LogP contribution in [-0.2, 0) is 9.59 Å². The zero-order valence-corrected chi connectivity index (χ0v) is 15.3. The second-order valence-corrected chi connectivity index (χ2v) is 6.25. The highest BCUT2D eigenvalue weighted by Gasteiger charge is 2.28. The van der Waals surface area contributed by atoms with Crippen molar-refractivity contribution in [2.24, 2.45) is 5.92 Å². The Balaban J connectivity index is 2.08. The van der Waals surface area contributed by atoms with Crippen molar-refractivity contribution < 1.29 is 28.6 Å². The molecule has 8 nitrogen and oxygen atoms in total. The molecule has 0 bridgehead atoms. The second-order valence-electron chi connectivity index (χ2n) is 6.25. The van der Waals surface area contributed by atoms with E-state index in [0.717, 1.165) is 0 Å². The third-order valence-corrected chi connectivity index (χ3v) is 3.88.